The number of carbonyl (C=O) groups is 2. The molecular formula is C28H47NO3. The van der Waals surface area contributed by atoms with Crippen molar-refractivity contribution in [1.82, 2.24) is 0 Å². The molecule has 182 valence electrons. The lowest BCUT2D eigenvalue weighted by Crippen LogP contribution is -2.11. The first-order chi connectivity index (χ1) is 15.6. The van der Waals surface area contributed by atoms with Crippen LogP contribution >= 0.6 is 0 Å². The van der Waals surface area contributed by atoms with E-state index < -0.39 is 5.97 Å². The van der Waals surface area contributed by atoms with E-state index in [1.54, 1.807) is 12.1 Å². The molecule has 0 saturated carbocycles. The Morgan fingerprint density at radius 2 is 1.00 bits per heavy atom. The van der Waals surface area contributed by atoms with Crippen LogP contribution in [0.3, 0.4) is 0 Å². The highest BCUT2D eigenvalue weighted by molar-refractivity contribution is 5.92. The van der Waals surface area contributed by atoms with E-state index in [2.05, 4.69) is 12.2 Å². The molecule has 0 fully saturated rings. The summed E-state index contributed by atoms with van der Waals surface area (Å²) in [4.78, 5) is 22.8. The fourth-order valence-corrected chi connectivity index (χ4v) is 4.11. The molecule has 0 aromatic heterocycles. The highest BCUT2D eigenvalue weighted by Crippen LogP contribution is 2.15. The molecule has 0 aliphatic rings. The summed E-state index contributed by atoms with van der Waals surface area (Å²) in [6, 6.07) is 6.29. The van der Waals surface area contributed by atoms with E-state index in [1.165, 1.54) is 115 Å². The van der Waals surface area contributed by atoms with Gasteiger partial charge in [0.2, 0.25) is 5.91 Å². The van der Waals surface area contributed by atoms with Crippen LogP contribution < -0.4 is 5.32 Å². The van der Waals surface area contributed by atoms with Crippen LogP contribution in [0.15, 0.2) is 24.3 Å². The molecule has 1 aromatic rings. The Kier molecular flexibility index (Phi) is 17.5. The van der Waals surface area contributed by atoms with Gasteiger partial charge in [-0.15, -0.1) is 0 Å². The molecule has 1 amide bonds. The second-order valence-corrected chi connectivity index (χ2v) is 9.19. The number of hydrogen-bond donors (Lipinski definition) is 2. The Bertz CT molecular complexity index is 597. The van der Waals surface area contributed by atoms with E-state index in [0.29, 0.717) is 12.1 Å². The molecule has 4 nitrogen and oxygen atoms in total. The minimum absolute atomic E-state index is 0.00423. The fourth-order valence-electron chi connectivity index (χ4n) is 4.11. The molecule has 1 rings (SSSR count). The molecule has 0 bridgehead atoms. The van der Waals surface area contributed by atoms with Gasteiger partial charge in [-0.1, -0.05) is 116 Å². The summed E-state index contributed by atoms with van der Waals surface area (Å²) >= 11 is 0. The van der Waals surface area contributed by atoms with Gasteiger partial charge >= 0.3 is 5.97 Å². The Labute approximate surface area is 196 Å². The van der Waals surface area contributed by atoms with Crippen molar-refractivity contribution in [3.63, 3.8) is 0 Å². The van der Waals surface area contributed by atoms with Crippen molar-refractivity contribution in [2.45, 2.75) is 129 Å². The van der Waals surface area contributed by atoms with E-state index in [9.17, 15) is 9.59 Å². The lowest BCUT2D eigenvalue weighted by atomic mass is 10.0. The van der Waals surface area contributed by atoms with Gasteiger partial charge in [0, 0.05) is 12.1 Å². The predicted octanol–water partition coefficient (Wildman–Crippen LogP) is 8.76. The molecule has 2 N–H and O–H groups in total. The van der Waals surface area contributed by atoms with Crippen molar-refractivity contribution in [1.29, 1.82) is 0 Å². The van der Waals surface area contributed by atoms with Gasteiger partial charge in [-0.3, -0.25) is 4.79 Å². The number of carboxylic acids is 1. The third kappa shape index (κ3) is 15.9. The van der Waals surface area contributed by atoms with E-state index in [4.69, 9.17) is 5.11 Å². The summed E-state index contributed by atoms with van der Waals surface area (Å²) in [6.45, 7) is 2.28. The standard InChI is InChI=1S/C28H47NO3/c1-2-3-4-5-6-7-8-9-10-11-12-13-14-15-16-17-18-19-20-27(30)29-26-23-21-25(22-24-26)28(31)32/h21-24H,2-20H2,1H3,(H,29,30)(H,31,32). The summed E-state index contributed by atoms with van der Waals surface area (Å²) in [7, 11) is 0. The summed E-state index contributed by atoms with van der Waals surface area (Å²) in [5.74, 6) is -0.953. The van der Waals surface area contributed by atoms with E-state index in [0.717, 1.165) is 12.8 Å². The molecule has 0 unspecified atom stereocenters. The normalized spacial score (nSPS) is 10.9. The minimum Gasteiger partial charge on any atom is -0.478 e. The van der Waals surface area contributed by atoms with Crippen molar-refractivity contribution >= 4 is 17.6 Å². The van der Waals surface area contributed by atoms with Gasteiger partial charge in [0.05, 0.1) is 5.56 Å². The third-order valence-corrected chi connectivity index (χ3v) is 6.17. The topological polar surface area (TPSA) is 66.4 Å². The molecule has 0 atom stereocenters. The molecular weight excluding hydrogens is 398 g/mol. The maximum atomic E-state index is 12.0. The summed E-state index contributed by atoms with van der Waals surface area (Å²) < 4.78 is 0. The number of nitrogens with one attached hydrogen (secondary N) is 1. The van der Waals surface area contributed by atoms with Crippen molar-refractivity contribution in [2.24, 2.45) is 0 Å². The van der Waals surface area contributed by atoms with Crippen molar-refractivity contribution in [2.75, 3.05) is 5.32 Å². The maximum absolute atomic E-state index is 12.0. The first-order valence-corrected chi connectivity index (χ1v) is 13.3. The van der Waals surface area contributed by atoms with Gasteiger partial charge in [-0.2, -0.15) is 0 Å². The monoisotopic (exact) mass is 445 g/mol. The van der Waals surface area contributed by atoms with Crippen LogP contribution in [0.2, 0.25) is 0 Å². The van der Waals surface area contributed by atoms with Crippen molar-refractivity contribution in [3.8, 4) is 0 Å². The fraction of sp³-hybridized carbons (Fsp3) is 0.714. The molecule has 0 aliphatic heterocycles. The van der Waals surface area contributed by atoms with Gasteiger partial charge in [0.1, 0.15) is 0 Å². The second-order valence-electron chi connectivity index (χ2n) is 9.19. The molecule has 0 saturated heterocycles. The van der Waals surface area contributed by atoms with Crippen molar-refractivity contribution < 1.29 is 14.7 Å². The number of anilines is 1. The van der Waals surface area contributed by atoms with Gasteiger partial charge in [0.15, 0.2) is 0 Å². The molecule has 0 heterocycles. The summed E-state index contributed by atoms with van der Waals surface area (Å²) in [5.41, 5.74) is 0.883. The maximum Gasteiger partial charge on any atom is 0.335 e. The lowest BCUT2D eigenvalue weighted by molar-refractivity contribution is -0.116. The predicted molar refractivity (Wildman–Crippen MR) is 135 cm³/mol. The van der Waals surface area contributed by atoms with Crippen LogP contribution in [0, 0.1) is 0 Å². The van der Waals surface area contributed by atoms with E-state index in [1.807, 2.05) is 0 Å². The van der Waals surface area contributed by atoms with Crippen LogP contribution in [0.1, 0.15) is 139 Å². The van der Waals surface area contributed by atoms with Crippen LogP contribution in [-0.2, 0) is 4.79 Å². The quantitative estimate of drug-likeness (QED) is 0.186. The number of carboxylic acid groups (broad SMARTS) is 1. The number of amides is 1. The molecule has 4 heteroatoms. The Hall–Kier alpha value is -1.84. The molecule has 1 aromatic carbocycles. The van der Waals surface area contributed by atoms with E-state index in [-0.39, 0.29) is 11.5 Å². The summed E-state index contributed by atoms with van der Waals surface area (Å²) in [6.07, 6.45) is 24.6. The van der Waals surface area contributed by atoms with Crippen LogP contribution in [0.5, 0.6) is 0 Å². The smallest absolute Gasteiger partial charge is 0.335 e. The Morgan fingerprint density at radius 3 is 1.38 bits per heavy atom. The lowest BCUT2D eigenvalue weighted by Gasteiger charge is -2.06. The van der Waals surface area contributed by atoms with Crippen LogP contribution in [0.25, 0.3) is 0 Å². The van der Waals surface area contributed by atoms with Crippen LogP contribution in [-0.4, -0.2) is 17.0 Å². The largest absolute Gasteiger partial charge is 0.478 e. The number of aromatic carboxylic acids is 1. The van der Waals surface area contributed by atoms with E-state index >= 15 is 0 Å². The summed E-state index contributed by atoms with van der Waals surface area (Å²) in [5, 5.41) is 11.7. The Morgan fingerprint density at radius 1 is 0.625 bits per heavy atom. The zero-order chi connectivity index (χ0) is 23.3. The van der Waals surface area contributed by atoms with Gasteiger partial charge < -0.3 is 10.4 Å². The molecule has 0 aliphatic carbocycles. The first kappa shape index (κ1) is 28.2. The third-order valence-electron chi connectivity index (χ3n) is 6.17. The minimum atomic E-state index is -0.957. The highest BCUT2D eigenvalue weighted by atomic mass is 16.4. The molecule has 0 spiro atoms. The zero-order valence-electron chi connectivity index (χ0n) is 20.5. The SMILES string of the molecule is CCCCCCCCCCCCCCCCCCCCC(=O)Nc1ccc(C(=O)O)cc1. The average molecular weight is 446 g/mol. The number of carbonyl (C=O) groups excluding carboxylic acids is 1. The number of hydrogen-bond acceptors (Lipinski definition) is 2. The first-order valence-electron chi connectivity index (χ1n) is 13.3. The highest BCUT2D eigenvalue weighted by Gasteiger charge is 2.05. The average Bonchev–Trinajstić information content (AvgIpc) is 2.78. The van der Waals surface area contributed by atoms with Gasteiger partial charge in [-0.25, -0.2) is 4.79 Å². The second kappa shape index (κ2) is 19.8. The number of benzene rings is 1. The van der Waals surface area contributed by atoms with Gasteiger partial charge in [0.25, 0.3) is 0 Å². The molecule has 0 radical (unpaired) electrons. The van der Waals surface area contributed by atoms with Crippen molar-refractivity contribution in [3.05, 3.63) is 29.8 Å². The number of unbranched alkanes of at least 4 members (excludes halogenated alkanes) is 17. The van der Waals surface area contributed by atoms with Gasteiger partial charge in [-0.05, 0) is 30.7 Å². The zero-order valence-corrected chi connectivity index (χ0v) is 20.5. The number of rotatable bonds is 21. The van der Waals surface area contributed by atoms with Crippen LogP contribution in [0.4, 0.5) is 5.69 Å². The molecule has 32 heavy (non-hydrogen) atoms. The Balaban J connectivity index is 1.82.